The second-order valence-corrected chi connectivity index (χ2v) is 15.6. The summed E-state index contributed by atoms with van der Waals surface area (Å²) in [6, 6.07) is 72.1. The molecule has 0 nitrogen and oxygen atoms in total. The standard InChI is InChI=1S/C55H38/c1-55(2)49-33-47(45-31-29-35-17-9-11-23-39(35)51(45)37-19-5-3-6-20-37)41-25-13-15-27-43(41)53(49)54-44-28-16-14-26-42(44)48(34-50(54)55)46-32-30-36-18-10-12-24-40(36)52(46)38-21-7-4-8-22-38/h3-34H,1-2H3. The fourth-order valence-corrected chi connectivity index (χ4v) is 9.69. The molecule has 0 radical (unpaired) electrons. The normalized spacial score (nSPS) is 13.1. The van der Waals surface area contributed by atoms with Gasteiger partial charge in [-0.1, -0.05) is 196 Å². The fourth-order valence-electron chi connectivity index (χ4n) is 9.69. The van der Waals surface area contributed by atoms with Gasteiger partial charge in [0.2, 0.25) is 0 Å². The van der Waals surface area contributed by atoms with Crippen LogP contribution in [0.4, 0.5) is 0 Å². The van der Waals surface area contributed by atoms with Crippen LogP contribution in [0, 0.1) is 0 Å². The van der Waals surface area contributed by atoms with Gasteiger partial charge in [-0.3, -0.25) is 0 Å². The van der Waals surface area contributed by atoms with Gasteiger partial charge in [0.15, 0.2) is 0 Å². The van der Waals surface area contributed by atoms with Gasteiger partial charge in [-0.2, -0.15) is 0 Å². The summed E-state index contributed by atoms with van der Waals surface area (Å²) in [5, 5.41) is 10.2. The van der Waals surface area contributed by atoms with Crippen molar-refractivity contribution in [3.8, 4) is 55.6 Å². The number of fused-ring (bicyclic) bond motifs is 9. The minimum Gasteiger partial charge on any atom is -0.0622 e. The molecule has 1 aliphatic rings. The van der Waals surface area contributed by atoms with E-state index in [0.29, 0.717) is 0 Å². The summed E-state index contributed by atoms with van der Waals surface area (Å²) in [7, 11) is 0. The summed E-state index contributed by atoms with van der Waals surface area (Å²) < 4.78 is 0. The predicted octanol–water partition coefficient (Wildman–Crippen LogP) is 15.3. The first-order valence-electron chi connectivity index (χ1n) is 19.4. The average Bonchev–Trinajstić information content (AvgIpc) is 3.48. The Bertz CT molecular complexity index is 2930. The van der Waals surface area contributed by atoms with Gasteiger partial charge in [0, 0.05) is 5.41 Å². The molecule has 0 unspecified atom stereocenters. The Morgan fingerprint density at radius 2 is 0.618 bits per heavy atom. The van der Waals surface area contributed by atoms with Gasteiger partial charge in [0.05, 0.1) is 0 Å². The zero-order chi connectivity index (χ0) is 36.7. The van der Waals surface area contributed by atoms with Crippen molar-refractivity contribution in [2.45, 2.75) is 19.3 Å². The molecule has 0 amide bonds. The lowest BCUT2D eigenvalue weighted by Crippen LogP contribution is -2.15. The Balaban J connectivity index is 1.22. The second-order valence-electron chi connectivity index (χ2n) is 15.6. The summed E-state index contributed by atoms with van der Waals surface area (Å²) in [5.74, 6) is 0. The Morgan fingerprint density at radius 1 is 0.273 bits per heavy atom. The Morgan fingerprint density at radius 3 is 1.04 bits per heavy atom. The maximum absolute atomic E-state index is 2.54. The largest absolute Gasteiger partial charge is 0.0622 e. The van der Waals surface area contributed by atoms with Crippen LogP contribution in [0.3, 0.4) is 0 Å². The monoisotopic (exact) mass is 698 g/mol. The summed E-state index contributed by atoms with van der Waals surface area (Å²) in [6.45, 7) is 4.87. The van der Waals surface area contributed by atoms with E-state index in [4.69, 9.17) is 0 Å². The first-order valence-corrected chi connectivity index (χ1v) is 19.4. The van der Waals surface area contributed by atoms with Crippen LogP contribution in [0.1, 0.15) is 25.0 Å². The van der Waals surface area contributed by atoms with Crippen LogP contribution in [-0.4, -0.2) is 0 Å². The van der Waals surface area contributed by atoms with Crippen LogP contribution in [0.25, 0.3) is 98.7 Å². The van der Waals surface area contributed by atoms with E-state index in [-0.39, 0.29) is 5.41 Å². The summed E-state index contributed by atoms with van der Waals surface area (Å²) >= 11 is 0. The van der Waals surface area contributed by atoms with Gasteiger partial charge in [-0.05, 0) is 122 Å². The number of benzene rings is 10. The molecule has 55 heavy (non-hydrogen) atoms. The molecule has 0 N–H and O–H groups in total. The molecule has 0 bridgehead atoms. The van der Waals surface area contributed by atoms with Gasteiger partial charge in [-0.25, -0.2) is 0 Å². The second kappa shape index (κ2) is 12.1. The third-order valence-corrected chi connectivity index (χ3v) is 12.2. The van der Waals surface area contributed by atoms with E-state index in [0.717, 1.165) is 0 Å². The highest BCUT2D eigenvalue weighted by Crippen LogP contribution is 2.57. The van der Waals surface area contributed by atoms with Gasteiger partial charge in [-0.15, -0.1) is 0 Å². The first kappa shape index (κ1) is 31.7. The molecule has 0 spiro atoms. The molecule has 0 atom stereocenters. The fraction of sp³-hybridized carbons (Fsp3) is 0.0545. The molecule has 258 valence electrons. The predicted molar refractivity (Wildman–Crippen MR) is 236 cm³/mol. The van der Waals surface area contributed by atoms with Crippen LogP contribution in [-0.2, 0) is 5.41 Å². The maximum Gasteiger partial charge on any atom is 0.0159 e. The van der Waals surface area contributed by atoms with E-state index < -0.39 is 0 Å². The lowest BCUT2D eigenvalue weighted by molar-refractivity contribution is 0.661. The first-order chi connectivity index (χ1) is 27.1. The van der Waals surface area contributed by atoms with E-state index in [2.05, 4.69) is 208 Å². The molecule has 0 aliphatic heterocycles. The number of hydrogen-bond acceptors (Lipinski definition) is 0. The molecule has 10 aromatic carbocycles. The SMILES string of the molecule is CC1(C)c2cc(-c3ccc4ccccc4c3-c3ccccc3)c3ccccc3c2-c2c1cc(-c1ccc3ccccc3c1-c1ccccc1)c1ccccc21. The van der Waals surface area contributed by atoms with Crippen molar-refractivity contribution < 1.29 is 0 Å². The van der Waals surface area contributed by atoms with Crippen LogP contribution >= 0.6 is 0 Å². The maximum atomic E-state index is 2.54. The molecule has 0 heterocycles. The van der Waals surface area contributed by atoms with Crippen molar-refractivity contribution in [1.29, 1.82) is 0 Å². The van der Waals surface area contributed by atoms with Crippen molar-refractivity contribution in [2.24, 2.45) is 0 Å². The van der Waals surface area contributed by atoms with Crippen LogP contribution in [0.5, 0.6) is 0 Å². The highest BCUT2D eigenvalue weighted by molar-refractivity contribution is 6.19. The Kier molecular flexibility index (Phi) is 7.00. The molecule has 0 fully saturated rings. The minimum absolute atomic E-state index is 0.254. The zero-order valence-corrected chi connectivity index (χ0v) is 31.0. The molecule has 0 saturated carbocycles. The van der Waals surface area contributed by atoms with Crippen molar-refractivity contribution in [3.05, 3.63) is 205 Å². The van der Waals surface area contributed by atoms with Crippen LogP contribution in [0.15, 0.2) is 194 Å². The third-order valence-electron chi connectivity index (χ3n) is 12.2. The lowest BCUT2D eigenvalue weighted by atomic mass is 9.78. The Labute approximate surface area is 322 Å². The topological polar surface area (TPSA) is 0 Å². The third kappa shape index (κ3) is 4.71. The molecule has 0 heteroatoms. The molecule has 10 aromatic rings. The molecular formula is C55H38. The molecule has 11 rings (SSSR count). The Hall–Kier alpha value is -6.76. The average molecular weight is 699 g/mol. The van der Waals surface area contributed by atoms with Crippen molar-refractivity contribution in [3.63, 3.8) is 0 Å². The zero-order valence-electron chi connectivity index (χ0n) is 31.0. The lowest BCUT2D eigenvalue weighted by Gasteiger charge is -2.25. The number of rotatable bonds is 4. The molecule has 1 aliphatic carbocycles. The van der Waals surface area contributed by atoms with Crippen LogP contribution in [0.2, 0.25) is 0 Å². The van der Waals surface area contributed by atoms with Gasteiger partial charge >= 0.3 is 0 Å². The molecular weight excluding hydrogens is 661 g/mol. The molecule has 0 saturated heterocycles. The van der Waals surface area contributed by atoms with Gasteiger partial charge in [0.25, 0.3) is 0 Å². The summed E-state index contributed by atoms with van der Waals surface area (Å²) in [5.41, 5.74) is 15.4. The quantitative estimate of drug-likeness (QED) is 0.172. The smallest absolute Gasteiger partial charge is 0.0159 e. The van der Waals surface area contributed by atoms with Gasteiger partial charge < -0.3 is 0 Å². The van der Waals surface area contributed by atoms with E-state index in [1.54, 1.807) is 0 Å². The molecule has 0 aromatic heterocycles. The van der Waals surface area contributed by atoms with Crippen molar-refractivity contribution >= 4 is 43.1 Å². The van der Waals surface area contributed by atoms with Crippen LogP contribution < -0.4 is 0 Å². The van der Waals surface area contributed by atoms with E-state index in [1.807, 2.05) is 0 Å². The van der Waals surface area contributed by atoms with Crippen molar-refractivity contribution in [1.82, 2.24) is 0 Å². The van der Waals surface area contributed by atoms with Crippen molar-refractivity contribution in [2.75, 3.05) is 0 Å². The van der Waals surface area contributed by atoms with E-state index in [1.165, 1.54) is 110 Å². The van der Waals surface area contributed by atoms with E-state index >= 15 is 0 Å². The minimum atomic E-state index is -0.254. The van der Waals surface area contributed by atoms with Gasteiger partial charge in [0.1, 0.15) is 0 Å². The number of hydrogen-bond donors (Lipinski definition) is 0. The van der Waals surface area contributed by atoms with E-state index in [9.17, 15) is 0 Å². The summed E-state index contributed by atoms with van der Waals surface area (Å²) in [6.07, 6.45) is 0. The summed E-state index contributed by atoms with van der Waals surface area (Å²) in [4.78, 5) is 0. The highest BCUT2D eigenvalue weighted by atomic mass is 14.4. The highest BCUT2D eigenvalue weighted by Gasteiger charge is 2.39.